The zero-order valence-corrected chi connectivity index (χ0v) is 14.5. The highest BCUT2D eigenvalue weighted by Crippen LogP contribution is 2.32. The van der Waals surface area contributed by atoms with E-state index in [9.17, 15) is 18.0 Å². The van der Waals surface area contributed by atoms with Crippen molar-refractivity contribution in [3.63, 3.8) is 0 Å². The second-order valence-electron chi connectivity index (χ2n) is 5.76. The molecule has 0 aliphatic carbocycles. The molecule has 25 heavy (non-hydrogen) atoms. The summed E-state index contributed by atoms with van der Waals surface area (Å²) in [6, 6.07) is 11.2. The fraction of sp³-hybridized carbons (Fsp3) is 0.278. The van der Waals surface area contributed by atoms with Crippen LogP contribution in [0.4, 0.5) is 23.7 Å². The van der Waals surface area contributed by atoms with Gasteiger partial charge in [-0.1, -0.05) is 35.9 Å². The number of likely N-dealkylation sites (N-methyl/N-ethyl adjacent to an activating group) is 1. The van der Waals surface area contributed by atoms with Crippen molar-refractivity contribution in [1.82, 2.24) is 4.90 Å². The van der Waals surface area contributed by atoms with Crippen LogP contribution in [0.3, 0.4) is 0 Å². The number of halogens is 4. The minimum absolute atomic E-state index is 0.0924. The third-order valence-corrected chi connectivity index (χ3v) is 4.13. The molecule has 3 nitrogen and oxygen atoms in total. The van der Waals surface area contributed by atoms with Gasteiger partial charge in [-0.25, -0.2) is 4.79 Å². The minimum atomic E-state index is -4.42. The molecule has 134 valence electrons. The zero-order valence-electron chi connectivity index (χ0n) is 13.8. The maximum atomic E-state index is 13.1. The lowest BCUT2D eigenvalue weighted by molar-refractivity contribution is -0.138. The fourth-order valence-electron chi connectivity index (χ4n) is 2.41. The van der Waals surface area contributed by atoms with Gasteiger partial charge in [0.05, 0.1) is 5.56 Å². The van der Waals surface area contributed by atoms with Crippen molar-refractivity contribution >= 4 is 23.3 Å². The number of carbonyl (C=O) groups is 1. The molecule has 0 bridgehead atoms. The molecule has 1 N–H and O–H groups in total. The first-order chi connectivity index (χ1) is 11.7. The van der Waals surface area contributed by atoms with E-state index in [1.54, 1.807) is 44.3 Å². The van der Waals surface area contributed by atoms with E-state index in [-0.39, 0.29) is 12.0 Å². The lowest BCUT2D eigenvalue weighted by atomic mass is 10.00. The molecule has 0 aliphatic rings. The van der Waals surface area contributed by atoms with Crippen molar-refractivity contribution in [2.45, 2.75) is 25.6 Å². The number of nitrogens with zero attached hydrogens (tertiary/aromatic N) is 1. The second-order valence-corrected chi connectivity index (χ2v) is 6.20. The van der Waals surface area contributed by atoms with Crippen LogP contribution in [-0.2, 0) is 12.6 Å². The van der Waals surface area contributed by atoms with Crippen molar-refractivity contribution in [3.8, 4) is 0 Å². The normalized spacial score (nSPS) is 12.6. The van der Waals surface area contributed by atoms with Gasteiger partial charge in [-0.3, -0.25) is 0 Å². The maximum absolute atomic E-state index is 13.1. The van der Waals surface area contributed by atoms with Gasteiger partial charge in [0.2, 0.25) is 0 Å². The first-order valence-electron chi connectivity index (χ1n) is 7.63. The molecule has 2 amide bonds. The van der Waals surface area contributed by atoms with E-state index in [2.05, 4.69) is 5.32 Å². The Hall–Kier alpha value is -2.21. The molecule has 0 fully saturated rings. The SMILES string of the molecule is CC(Cc1ccccc1C(F)(F)F)N(C)C(=O)Nc1cccc(Cl)c1. The molecule has 2 rings (SSSR count). The number of urea groups is 1. The van der Waals surface area contributed by atoms with E-state index in [0.717, 1.165) is 6.07 Å². The number of nitrogens with one attached hydrogen (secondary N) is 1. The van der Waals surface area contributed by atoms with Crippen LogP contribution in [0.25, 0.3) is 0 Å². The minimum Gasteiger partial charge on any atom is -0.325 e. The summed E-state index contributed by atoms with van der Waals surface area (Å²) in [6.45, 7) is 1.70. The molecule has 0 heterocycles. The topological polar surface area (TPSA) is 32.3 Å². The highest BCUT2D eigenvalue weighted by molar-refractivity contribution is 6.30. The van der Waals surface area contributed by atoms with Gasteiger partial charge in [0.15, 0.2) is 0 Å². The van der Waals surface area contributed by atoms with E-state index in [4.69, 9.17) is 11.6 Å². The Morgan fingerprint density at radius 1 is 1.20 bits per heavy atom. The number of carbonyl (C=O) groups excluding carboxylic acids is 1. The molecule has 0 aliphatic heterocycles. The van der Waals surface area contributed by atoms with Crippen LogP contribution in [0.15, 0.2) is 48.5 Å². The van der Waals surface area contributed by atoms with Gasteiger partial charge in [0.1, 0.15) is 0 Å². The summed E-state index contributed by atoms with van der Waals surface area (Å²) in [5, 5.41) is 3.15. The number of benzene rings is 2. The van der Waals surface area contributed by atoms with E-state index in [1.165, 1.54) is 17.0 Å². The van der Waals surface area contributed by atoms with E-state index in [0.29, 0.717) is 10.7 Å². The molecule has 2 aromatic rings. The zero-order chi connectivity index (χ0) is 18.6. The third-order valence-electron chi connectivity index (χ3n) is 3.90. The lowest BCUT2D eigenvalue weighted by Gasteiger charge is -2.26. The molecule has 0 aromatic heterocycles. The van der Waals surface area contributed by atoms with E-state index >= 15 is 0 Å². The average Bonchev–Trinajstić information content (AvgIpc) is 2.53. The third kappa shape index (κ3) is 5.13. The van der Waals surface area contributed by atoms with Crippen molar-refractivity contribution in [2.75, 3.05) is 12.4 Å². The summed E-state index contributed by atoms with van der Waals surface area (Å²) in [5.74, 6) is 0. The van der Waals surface area contributed by atoms with Crippen molar-refractivity contribution in [1.29, 1.82) is 0 Å². The van der Waals surface area contributed by atoms with Crippen LogP contribution in [0.2, 0.25) is 5.02 Å². The molecule has 0 saturated carbocycles. The molecule has 1 atom stereocenters. The van der Waals surface area contributed by atoms with Crippen LogP contribution < -0.4 is 5.32 Å². The largest absolute Gasteiger partial charge is 0.416 e. The number of hydrogen-bond donors (Lipinski definition) is 1. The predicted molar refractivity (Wildman–Crippen MR) is 92.8 cm³/mol. The Morgan fingerprint density at radius 3 is 2.52 bits per heavy atom. The van der Waals surface area contributed by atoms with Gasteiger partial charge < -0.3 is 10.2 Å². The van der Waals surface area contributed by atoms with Crippen LogP contribution in [-0.4, -0.2) is 24.0 Å². The molecule has 0 saturated heterocycles. The molecular formula is C18H18ClF3N2O. The molecule has 1 unspecified atom stereocenters. The van der Waals surface area contributed by atoms with Crippen molar-refractivity contribution in [2.24, 2.45) is 0 Å². The highest BCUT2D eigenvalue weighted by Gasteiger charge is 2.33. The Labute approximate surface area is 149 Å². The number of alkyl halides is 3. The summed E-state index contributed by atoms with van der Waals surface area (Å²) in [5.41, 5.74) is 0.00245. The summed E-state index contributed by atoms with van der Waals surface area (Å²) >= 11 is 5.87. The second kappa shape index (κ2) is 7.78. The van der Waals surface area contributed by atoms with Crippen LogP contribution >= 0.6 is 11.6 Å². The van der Waals surface area contributed by atoms with Gasteiger partial charge in [-0.2, -0.15) is 13.2 Å². The predicted octanol–water partition coefficient (Wildman–Crippen LogP) is 5.45. The Bertz CT molecular complexity index is 749. The molecule has 7 heteroatoms. The van der Waals surface area contributed by atoms with Crippen molar-refractivity contribution in [3.05, 3.63) is 64.7 Å². The highest BCUT2D eigenvalue weighted by atomic mass is 35.5. The first-order valence-corrected chi connectivity index (χ1v) is 8.00. The lowest BCUT2D eigenvalue weighted by Crippen LogP contribution is -2.39. The smallest absolute Gasteiger partial charge is 0.325 e. The Morgan fingerprint density at radius 2 is 1.88 bits per heavy atom. The quantitative estimate of drug-likeness (QED) is 0.762. The van der Waals surface area contributed by atoms with Crippen LogP contribution in [0, 0.1) is 0 Å². The molecule has 0 radical (unpaired) electrons. The molecule has 0 spiro atoms. The molecular weight excluding hydrogens is 353 g/mol. The van der Waals surface area contributed by atoms with Gasteiger partial charge >= 0.3 is 12.2 Å². The number of rotatable bonds is 4. The summed E-state index contributed by atoms with van der Waals surface area (Å²) in [4.78, 5) is 13.7. The van der Waals surface area contributed by atoms with Gasteiger partial charge in [0, 0.05) is 23.8 Å². The standard InChI is InChI=1S/C18H18ClF3N2O/c1-12(10-13-6-3-4-9-16(13)18(20,21)22)24(2)17(25)23-15-8-5-7-14(19)11-15/h3-9,11-12H,10H2,1-2H3,(H,23,25). The van der Waals surface area contributed by atoms with Crippen LogP contribution in [0.5, 0.6) is 0 Å². The van der Waals surface area contributed by atoms with E-state index in [1.807, 2.05) is 0 Å². The van der Waals surface area contributed by atoms with Gasteiger partial charge in [-0.05, 0) is 43.2 Å². The summed E-state index contributed by atoms with van der Waals surface area (Å²) < 4.78 is 39.2. The maximum Gasteiger partial charge on any atom is 0.416 e. The fourth-order valence-corrected chi connectivity index (χ4v) is 2.60. The average molecular weight is 371 g/mol. The van der Waals surface area contributed by atoms with Gasteiger partial charge in [0.25, 0.3) is 0 Å². The summed E-state index contributed by atoms with van der Waals surface area (Å²) in [6.07, 6.45) is -4.33. The number of anilines is 1. The summed E-state index contributed by atoms with van der Waals surface area (Å²) in [7, 11) is 1.54. The number of amides is 2. The van der Waals surface area contributed by atoms with Crippen molar-refractivity contribution < 1.29 is 18.0 Å². The first kappa shape index (κ1) is 19.1. The monoisotopic (exact) mass is 370 g/mol. The Balaban J connectivity index is 2.08. The van der Waals surface area contributed by atoms with Gasteiger partial charge in [-0.15, -0.1) is 0 Å². The Kier molecular flexibility index (Phi) is 5.95. The molecule has 2 aromatic carbocycles. The number of hydrogen-bond acceptors (Lipinski definition) is 1. The van der Waals surface area contributed by atoms with E-state index < -0.39 is 23.8 Å². The van der Waals surface area contributed by atoms with Crippen LogP contribution in [0.1, 0.15) is 18.1 Å².